The Morgan fingerprint density at radius 2 is 1.76 bits per heavy atom. The van der Waals surface area contributed by atoms with Gasteiger partial charge in [-0.2, -0.15) is 0 Å². The van der Waals surface area contributed by atoms with Gasteiger partial charge in [-0.15, -0.1) is 11.3 Å². The van der Waals surface area contributed by atoms with Crippen LogP contribution in [0.5, 0.6) is 0 Å². The van der Waals surface area contributed by atoms with E-state index < -0.39 is 0 Å². The molecule has 0 unspecified atom stereocenters. The highest BCUT2D eigenvalue weighted by molar-refractivity contribution is 7.15. The molecule has 4 heteroatoms. The van der Waals surface area contributed by atoms with Gasteiger partial charge in [-0.05, 0) is 31.1 Å². The van der Waals surface area contributed by atoms with Gasteiger partial charge in [-0.1, -0.05) is 33.6 Å². The summed E-state index contributed by atoms with van der Waals surface area (Å²) >= 11 is 1.81. The maximum absolute atomic E-state index is 5.94. The Labute approximate surface area is 132 Å². The average molecular weight is 308 g/mol. The van der Waals surface area contributed by atoms with Crippen molar-refractivity contribution in [3.05, 3.63) is 10.6 Å². The van der Waals surface area contributed by atoms with E-state index in [4.69, 9.17) is 10.7 Å². The molecule has 3 rings (SSSR count). The molecule has 0 amide bonds. The second-order valence-electron chi connectivity index (χ2n) is 7.92. The number of hydrogen-bond donors (Lipinski definition) is 1. The van der Waals surface area contributed by atoms with Crippen LogP contribution in [-0.2, 0) is 12.0 Å². The predicted molar refractivity (Wildman–Crippen MR) is 91.1 cm³/mol. The minimum Gasteiger partial charge on any atom is -0.348 e. The summed E-state index contributed by atoms with van der Waals surface area (Å²) in [5.74, 6) is 0. The van der Waals surface area contributed by atoms with Crippen LogP contribution in [0.25, 0.3) is 0 Å². The van der Waals surface area contributed by atoms with Crippen LogP contribution in [0, 0.1) is 5.41 Å². The first-order valence-corrected chi connectivity index (χ1v) is 9.20. The first-order chi connectivity index (χ1) is 9.93. The highest BCUT2D eigenvalue weighted by Crippen LogP contribution is 2.47. The number of aromatic nitrogens is 1. The largest absolute Gasteiger partial charge is 0.348 e. The number of hydrogen-bond acceptors (Lipinski definition) is 4. The molecule has 118 valence electrons. The monoisotopic (exact) mass is 307 g/mol. The van der Waals surface area contributed by atoms with Crippen molar-refractivity contribution in [2.24, 2.45) is 11.1 Å². The molecule has 2 heterocycles. The molecule has 3 nitrogen and oxygen atoms in total. The summed E-state index contributed by atoms with van der Waals surface area (Å²) in [6, 6.07) is 0. The van der Waals surface area contributed by atoms with Crippen LogP contribution in [0.3, 0.4) is 0 Å². The van der Waals surface area contributed by atoms with Gasteiger partial charge in [0.2, 0.25) is 0 Å². The van der Waals surface area contributed by atoms with Gasteiger partial charge in [0, 0.05) is 29.9 Å². The van der Waals surface area contributed by atoms with Gasteiger partial charge in [0.05, 0.1) is 5.69 Å². The summed E-state index contributed by atoms with van der Waals surface area (Å²) in [5.41, 5.74) is 7.90. The molecule has 0 radical (unpaired) electrons. The Hall–Kier alpha value is -0.610. The van der Waals surface area contributed by atoms with E-state index in [1.165, 1.54) is 67.3 Å². The van der Waals surface area contributed by atoms with Gasteiger partial charge in [-0.3, -0.25) is 0 Å². The zero-order chi connectivity index (χ0) is 15.1. The van der Waals surface area contributed by atoms with E-state index in [0.717, 1.165) is 0 Å². The van der Waals surface area contributed by atoms with Crippen LogP contribution >= 0.6 is 11.3 Å². The third kappa shape index (κ3) is 2.98. The van der Waals surface area contributed by atoms with Crippen LogP contribution in [0.1, 0.15) is 69.9 Å². The lowest BCUT2D eigenvalue weighted by Gasteiger charge is -2.39. The van der Waals surface area contributed by atoms with Crippen molar-refractivity contribution in [2.45, 2.75) is 71.3 Å². The molecule has 0 aromatic carbocycles. The molecular weight excluding hydrogens is 278 g/mol. The van der Waals surface area contributed by atoms with Crippen molar-refractivity contribution in [1.29, 1.82) is 0 Å². The van der Waals surface area contributed by atoms with E-state index in [1.807, 2.05) is 11.3 Å². The fraction of sp³-hybridized carbons (Fsp3) is 0.824. The highest BCUT2D eigenvalue weighted by Gasteiger charge is 2.37. The minimum absolute atomic E-state index is 0.0892. The van der Waals surface area contributed by atoms with Crippen molar-refractivity contribution in [1.82, 2.24) is 4.98 Å². The van der Waals surface area contributed by atoms with Gasteiger partial charge >= 0.3 is 0 Å². The van der Waals surface area contributed by atoms with Crippen LogP contribution in [0.15, 0.2) is 0 Å². The summed E-state index contributed by atoms with van der Waals surface area (Å²) < 4.78 is 0. The first kappa shape index (κ1) is 15.3. The van der Waals surface area contributed by atoms with Crippen molar-refractivity contribution in [3.8, 4) is 0 Å². The Balaban J connectivity index is 1.75. The standard InChI is InChI=1S/C17H29N3S/c1-16(2,3)14-13(12-18)21-15(19-14)20-10-8-17(9-11-20)6-4-5-7-17/h4-12,18H2,1-3H3. The second kappa shape index (κ2) is 5.54. The number of thiazole rings is 1. The zero-order valence-electron chi connectivity index (χ0n) is 13.7. The van der Waals surface area contributed by atoms with E-state index in [-0.39, 0.29) is 5.41 Å². The number of anilines is 1. The van der Waals surface area contributed by atoms with Gasteiger partial charge < -0.3 is 10.6 Å². The van der Waals surface area contributed by atoms with Gasteiger partial charge in [0.1, 0.15) is 0 Å². The van der Waals surface area contributed by atoms with Gasteiger partial charge in [0.25, 0.3) is 0 Å². The molecule has 2 fully saturated rings. The maximum atomic E-state index is 5.94. The first-order valence-electron chi connectivity index (χ1n) is 8.39. The molecule has 2 N–H and O–H groups in total. The molecule has 1 aliphatic carbocycles. The van der Waals surface area contributed by atoms with Crippen molar-refractivity contribution >= 4 is 16.5 Å². The Morgan fingerprint density at radius 1 is 1.14 bits per heavy atom. The van der Waals surface area contributed by atoms with Crippen LogP contribution < -0.4 is 10.6 Å². The summed E-state index contributed by atoms with van der Waals surface area (Å²) in [6.45, 7) is 9.67. The molecule has 0 atom stereocenters. The summed E-state index contributed by atoms with van der Waals surface area (Å²) in [6.07, 6.45) is 8.52. The molecule has 1 spiro atoms. The summed E-state index contributed by atoms with van der Waals surface area (Å²) in [5, 5.41) is 1.20. The van der Waals surface area contributed by atoms with E-state index >= 15 is 0 Å². The van der Waals surface area contributed by atoms with Crippen LogP contribution in [0.4, 0.5) is 5.13 Å². The van der Waals surface area contributed by atoms with E-state index in [2.05, 4.69) is 25.7 Å². The van der Waals surface area contributed by atoms with Gasteiger partial charge in [-0.25, -0.2) is 4.98 Å². The highest BCUT2D eigenvalue weighted by atomic mass is 32.1. The minimum atomic E-state index is 0.0892. The third-order valence-electron chi connectivity index (χ3n) is 5.34. The van der Waals surface area contributed by atoms with Gasteiger partial charge in [0.15, 0.2) is 5.13 Å². The molecule has 1 saturated heterocycles. The molecule has 21 heavy (non-hydrogen) atoms. The molecule has 1 saturated carbocycles. The van der Waals surface area contributed by atoms with Crippen molar-refractivity contribution < 1.29 is 0 Å². The normalized spacial score (nSPS) is 22.2. The predicted octanol–water partition coefficient (Wildman–Crippen LogP) is 4.06. The zero-order valence-corrected chi connectivity index (χ0v) is 14.6. The molecular formula is C17H29N3S. The van der Waals surface area contributed by atoms with Crippen molar-refractivity contribution in [3.63, 3.8) is 0 Å². The molecule has 1 aromatic rings. The third-order valence-corrected chi connectivity index (χ3v) is 6.48. The number of rotatable bonds is 2. The van der Waals surface area contributed by atoms with E-state index in [1.54, 1.807) is 0 Å². The average Bonchev–Trinajstić information content (AvgIpc) is 3.06. The number of nitrogens with zero attached hydrogens (tertiary/aromatic N) is 2. The quantitative estimate of drug-likeness (QED) is 0.896. The summed E-state index contributed by atoms with van der Waals surface area (Å²) in [4.78, 5) is 8.72. The molecule has 1 aromatic heterocycles. The molecule has 0 bridgehead atoms. The lowest BCUT2D eigenvalue weighted by molar-refractivity contribution is 0.226. The Bertz CT molecular complexity index is 485. The molecule has 1 aliphatic heterocycles. The number of nitrogens with two attached hydrogens (primary N) is 1. The topological polar surface area (TPSA) is 42.2 Å². The maximum Gasteiger partial charge on any atom is 0.185 e. The van der Waals surface area contributed by atoms with Crippen LogP contribution in [-0.4, -0.2) is 18.1 Å². The van der Waals surface area contributed by atoms with E-state index in [0.29, 0.717) is 12.0 Å². The SMILES string of the molecule is CC(C)(C)c1nc(N2CCC3(CCCC3)CC2)sc1CN. The second-order valence-corrected chi connectivity index (χ2v) is 8.98. The molecule has 2 aliphatic rings. The Morgan fingerprint density at radius 3 is 2.24 bits per heavy atom. The Kier molecular flexibility index (Phi) is 4.04. The lowest BCUT2D eigenvalue weighted by atomic mass is 9.77. The van der Waals surface area contributed by atoms with Crippen molar-refractivity contribution in [2.75, 3.05) is 18.0 Å². The van der Waals surface area contributed by atoms with E-state index in [9.17, 15) is 0 Å². The number of piperidine rings is 1. The summed E-state index contributed by atoms with van der Waals surface area (Å²) in [7, 11) is 0. The lowest BCUT2D eigenvalue weighted by Crippen LogP contribution is -2.38. The fourth-order valence-electron chi connectivity index (χ4n) is 4.00. The fourth-order valence-corrected chi connectivity index (χ4v) is 5.20. The smallest absolute Gasteiger partial charge is 0.185 e. The van der Waals surface area contributed by atoms with Crippen LogP contribution in [0.2, 0.25) is 0 Å².